The Labute approximate surface area is 178 Å². The van der Waals surface area contributed by atoms with E-state index in [2.05, 4.69) is 34.1 Å². The summed E-state index contributed by atoms with van der Waals surface area (Å²) < 4.78 is 3.82. The van der Waals surface area contributed by atoms with Crippen LogP contribution < -0.4 is 5.32 Å². The highest BCUT2D eigenvalue weighted by Gasteiger charge is 2.17. The molecule has 0 aliphatic rings. The zero-order valence-electron chi connectivity index (χ0n) is 17.3. The summed E-state index contributed by atoms with van der Waals surface area (Å²) in [4.78, 5) is 23.0. The van der Waals surface area contributed by atoms with Gasteiger partial charge in [-0.25, -0.2) is 15.0 Å². The Morgan fingerprint density at radius 3 is 2.61 bits per heavy atom. The number of hydrogen-bond donors (Lipinski definition) is 2. The van der Waals surface area contributed by atoms with Crippen molar-refractivity contribution in [2.45, 2.75) is 26.3 Å². The van der Waals surface area contributed by atoms with Crippen LogP contribution in [0.15, 0.2) is 55.2 Å². The summed E-state index contributed by atoms with van der Waals surface area (Å²) in [7, 11) is 0. The summed E-state index contributed by atoms with van der Waals surface area (Å²) in [6.45, 7) is 4.85. The van der Waals surface area contributed by atoms with Crippen molar-refractivity contribution < 1.29 is 5.11 Å². The maximum atomic E-state index is 9.47. The molecule has 0 radical (unpaired) electrons. The average molecular weight is 414 g/mol. The molecule has 1 aromatic carbocycles. The van der Waals surface area contributed by atoms with E-state index in [0.29, 0.717) is 24.0 Å². The quantitative estimate of drug-likeness (QED) is 0.438. The van der Waals surface area contributed by atoms with Gasteiger partial charge in [-0.1, -0.05) is 12.1 Å². The molecular formula is C22H22N8O. The Morgan fingerprint density at radius 2 is 1.81 bits per heavy atom. The number of aromatic nitrogens is 7. The Bertz CT molecular complexity index is 1350. The van der Waals surface area contributed by atoms with Crippen molar-refractivity contribution >= 4 is 28.1 Å². The molecule has 0 amide bonds. The van der Waals surface area contributed by atoms with E-state index < -0.39 is 0 Å². The second kappa shape index (κ2) is 7.67. The fraction of sp³-hybridized carbons (Fsp3) is 0.227. The van der Waals surface area contributed by atoms with E-state index in [4.69, 9.17) is 9.97 Å². The SMILES string of the molecule is CC(C)n1cnc2c(NCCc3ccc(O)cc3)nc(-n3cnc4cccnc43)nc21. The largest absolute Gasteiger partial charge is 0.508 e. The van der Waals surface area contributed by atoms with Crippen molar-refractivity contribution in [2.24, 2.45) is 0 Å². The van der Waals surface area contributed by atoms with Gasteiger partial charge >= 0.3 is 0 Å². The smallest absolute Gasteiger partial charge is 0.240 e. The second-order valence-corrected chi connectivity index (χ2v) is 7.59. The van der Waals surface area contributed by atoms with E-state index >= 15 is 0 Å². The number of nitrogens with zero attached hydrogens (tertiary/aromatic N) is 7. The first-order chi connectivity index (χ1) is 15.1. The highest BCUT2D eigenvalue weighted by Crippen LogP contribution is 2.24. The van der Waals surface area contributed by atoms with Crippen LogP contribution in [0, 0.1) is 0 Å². The number of nitrogens with one attached hydrogen (secondary N) is 1. The number of pyridine rings is 1. The van der Waals surface area contributed by atoms with Gasteiger partial charge in [-0.15, -0.1) is 0 Å². The zero-order valence-corrected chi connectivity index (χ0v) is 17.3. The maximum Gasteiger partial charge on any atom is 0.240 e. The molecule has 156 valence electrons. The third-order valence-corrected chi connectivity index (χ3v) is 5.13. The van der Waals surface area contributed by atoms with Crippen molar-refractivity contribution in [1.29, 1.82) is 0 Å². The number of fused-ring (bicyclic) bond motifs is 2. The molecule has 9 heteroatoms. The number of phenolic OH excluding ortho intramolecular Hbond substituents is 1. The fourth-order valence-corrected chi connectivity index (χ4v) is 3.50. The molecule has 0 saturated carbocycles. The molecule has 0 saturated heterocycles. The van der Waals surface area contributed by atoms with E-state index in [-0.39, 0.29) is 11.8 Å². The molecule has 0 aliphatic heterocycles. The Morgan fingerprint density at radius 1 is 0.968 bits per heavy atom. The molecule has 2 N–H and O–H groups in total. The normalized spacial score (nSPS) is 11.6. The van der Waals surface area contributed by atoms with Crippen molar-refractivity contribution in [2.75, 3.05) is 11.9 Å². The van der Waals surface area contributed by atoms with Crippen molar-refractivity contribution in [3.8, 4) is 11.7 Å². The molecule has 5 aromatic rings. The lowest BCUT2D eigenvalue weighted by molar-refractivity contribution is 0.475. The van der Waals surface area contributed by atoms with Crippen LogP contribution in [0.4, 0.5) is 5.82 Å². The first kappa shape index (κ1) is 19.0. The fourth-order valence-electron chi connectivity index (χ4n) is 3.50. The number of rotatable bonds is 6. The van der Waals surface area contributed by atoms with Crippen LogP contribution in [-0.4, -0.2) is 45.7 Å². The maximum absolute atomic E-state index is 9.47. The average Bonchev–Trinajstić information content (AvgIpc) is 3.39. The van der Waals surface area contributed by atoms with Gasteiger partial charge < -0.3 is 15.0 Å². The van der Waals surface area contributed by atoms with E-state index in [9.17, 15) is 5.11 Å². The standard InChI is InChI=1S/C22H22N8O/c1-14(2)29-13-26-18-19(23-11-9-15-5-7-16(31)8-6-15)27-22(28-21(18)29)30-12-25-17-4-3-10-24-20(17)30/h3-8,10,12-14,31H,9,11H2,1-2H3,(H,23,27,28). The first-order valence-corrected chi connectivity index (χ1v) is 10.1. The van der Waals surface area contributed by atoms with Crippen LogP contribution in [0.25, 0.3) is 28.3 Å². The van der Waals surface area contributed by atoms with Gasteiger partial charge in [-0.3, -0.25) is 4.57 Å². The molecule has 9 nitrogen and oxygen atoms in total. The Hall–Kier alpha value is -4.01. The van der Waals surface area contributed by atoms with Gasteiger partial charge in [0.15, 0.2) is 22.6 Å². The number of phenols is 1. The molecule has 0 aliphatic carbocycles. The lowest BCUT2D eigenvalue weighted by Crippen LogP contribution is -2.11. The van der Waals surface area contributed by atoms with E-state index in [1.807, 2.05) is 28.8 Å². The summed E-state index contributed by atoms with van der Waals surface area (Å²) in [5.74, 6) is 1.42. The summed E-state index contributed by atoms with van der Waals surface area (Å²) >= 11 is 0. The van der Waals surface area contributed by atoms with E-state index in [1.165, 1.54) is 0 Å². The predicted octanol–water partition coefficient (Wildman–Crippen LogP) is 3.50. The minimum atomic E-state index is 0.204. The molecule has 0 unspecified atom stereocenters. The van der Waals surface area contributed by atoms with Crippen LogP contribution in [0.1, 0.15) is 25.5 Å². The zero-order chi connectivity index (χ0) is 21.4. The number of anilines is 1. The third kappa shape index (κ3) is 3.54. The molecule has 0 bridgehead atoms. The summed E-state index contributed by atoms with van der Waals surface area (Å²) in [5.41, 5.74) is 4.08. The van der Waals surface area contributed by atoms with Crippen molar-refractivity contribution in [3.63, 3.8) is 0 Å². The monoisotopic (exact) mass is 414 g/mol. The Kier molecular flexibility index (Phi) is 4.70. The molecule has 0 fully saturated rings. The molecule has 4 aromatic heterocycles. The molecular weight excluding hydrogens is 392 g/mol. The molecule has 4 heterocycles. The van der Waals surface area contributed by atoms with Gasteiger partial charge in [0.05, 0.1) is 6.33 Å². The van der Waals surface area contributed by atoms with Gasteiger partial charge in [0.2, 0.25) is 5.95 Å². The van der Waals surface area contributed by atoms with Crippen LogP contribution in [0.3, 0.4) is 0 Å². The number of benzene rings is 1. The summed E-state index contributed by atoms with van der Waals surface area (Å²) in [5, 5.41) is 12.9. The highest BCUT2D eigenvalue weighted by atomic mass is 16.3. The van der Waals surface area contributed by atoms with Crippen molar-refractivity contribution in [1.82, 2.24) is 34.1 Å². The lowest BCUT2D eigenvalue weighted by atomic mass is 10.1. The lowest BCUT2D eigenvalue weighted by Gasteiger charge is -2.11. The van der Waals surface area contributed by atoms with Crippen LogP contribution in [0.2, 0.25) is 0 Å². The first-order valence-electron chi connectivity index (χ1n) is 10.1. The molecule has 0 spiro atoms. The van der Waals surface area contributed by atoms with E-state index in [1.54, 1.807) is 35.6 Å². The topological polar surface area (TPSA) is 107 Å². The minimum Gasteiger partial charge on any atom is -0.508 e. The molecule has 0 atom stereocenters. The van der Waals surface area contributed by atoms with Crippen molar-refractivity contribution in [3.05, 3.63) is 60.8 Å². The van der Waals surface area contributed by atoms with E-state index in [0.717, 1.165) is 28.7 Å². The minimum absolute atomic E-state index is 0.204. The summed E-state index contributed by atoms with van der Waals surface area (Å²) in [6, 6.07) is 11.2. The van der Waals surface area contributed by atoms with Crippen LogP contribution in [0.5, 0.6) is 5.75 Å². The van der Waals surface area contributed by atoms with Gasteiger partial charge in [0.25, 0.3) is 0 Å². The highest BCUT2D eigenvalue weighted by molar-refractivity contribution is 5.84. The van der Waals surface area contributed by atoms with Gasteiger partial charge in [-0.05, 0) is 50.1 Å². The van der Waals surface area contributed by atoms with Crippen LogP contribution in [-0.2, 0) is 6.42 Å². The third-order valence-electron chi connectivity index (χ3n) is 5.13. The second-order valence-electron chi connectivity index (χ2n) is 7.59. The number of hydrogen-bond acceptors (Lipinski definition) is 7. The number of aromatic hydroxyl groups is 1. The van der Waals surface area contributed by atoms with Gasteiger partial charge in [0, 0.05) is 18.8 Å². The summed E-state index contributed by atoms with van der Waals surface area (Å²) in [6.07, 6.45) is 5.99. The Balaban J connectivity index is 1.54. The molecule has 31 heavy (non-hydrogen) atoms. The number of imidazole rings is 2. The van der Waals surface area contributed by atoms with Crippen LogP contribution >= 0.6 is 0 Å². The molecule has 5 rings (SSSR count). The van der Waals surface area contributed by atoms with Gasteiger partial charge in [-0.2, -0.15) is 9.97 Å². The van der Waals surface area contributed by atoms with Gasteiger partial charge in [0.1, 0.15) is 17.6 Å². The predicted molar refractivity (Wildman–Crippen MR) is 118 cm³/mol.